The highest BCUT2D eigenvalue weighted by molar-refractivity contribution is 6.10. The summed E-state index contributed by atoms with van der Waals surface area (Å²) in [7, 11) is 0. The van der Waals surface area contributed by atoms with Crippen LogP contribution in [0.4, 0.5) is 9.59 Å². The van der Waals surface area contributed by atoms with Crippen LogP contribution in [0.3, 0.4) is 0 Å². The molecule has 3 heterocycles. The molecule has 0 unspecified atom stereocenters. The lowest BCUT2D eigenvalue weighted by molar-refractivity contribution is -0.137. The summed E-state index contributed by atoms with van der Waals surface area (Å²) in [6.07, 6.45) is 0.747. The Kier molecular flexibility index (Phi) is 4.33. The molecule has 4 rings (SSSR count). The minimum absolute atomic E-state index is 0.209. The highest BCUT2D eigenvalue weighted by Gasteiger charge is 2.50. The lowest BCUT2D eigenvalue weighted by Gasteiger charge is -2.23. The van der Waals surface area contributed by atoms with Crippen LogP contribution < -0.4 is 20.1 Å². The van der Waals surface area contributed by atoms with Crippen molar-refractivity contribution in [2.24, 2.45) is 0 Å². The summed E-state index contributed by atoms with van der Waals surface area (Å²) in [6.45, 7) is 2.66. The van der Waals surface area contributed by atoms with E-state index in [0.29, 0.717) is 36.8 Å². The van der Waals surface area contributed by atoms with E-state index in [-0.39, 0.29) is 6.54 Å². The first kappa shape index (κ1) is 18.1. The van der Waals surface area contributed by atoms with Gasteiger partial charge in [0.1, 0.15) is 12.1 Å². The van der Waals surface area contributed by atoms with Gasteiger partial charge in [-0.05, 0) is 24.6 Å². The number of hydrogen-bond acceptors (Lipinski definition) is 6. The Morgan fingerprint density at radius 1 is 1.14 bits per heavy atom. The molecule has 3 aliphatic heterocycles. The van der Waals surface area contributed by atoms with E-state index >= 15 is 0 Å². The van der Waals surface area contributed by atoms with Gasteiger partial charge < -0.3 is 20.1 Å². The molecule has 0 bridgehead atoms. The molecule has 2 fully saturated rings. The Hall–Kier alpha value is -3.30. The van der Waals surface area contributed by atoms with Crippen molar-refractivity contribution in [3.8, 4) is 11.5 Å². The SMILES string of the molecule is C[C@]1(c2ccc3c(c2)OCCCO3)NC(=O)N(CC(=O)N2CCNC2=O)C1=O. The molecule has 10 nitrogen and oxygen atoms in total. The van der Waals surface area contributed by atoms with Gasteiger partial charge in [0.05, 0.1) is 13.2 Å². The zero-order chi connectivity index (χ0) is 19.9. The Morgan fingerprint density at radius 2 is 1.89 bits per heavy atom. The Morgan fingerprint density at radius 3 is 2.61 bits per heavy atom. The number of benzene rings is 1. The first-order valence-electron chi connectivity index (χ1n) is 9.02. The lowest BCUT2D eigenvalue weighted by Crippen LogP contribution is -2.45. The van der Waals surface area contributed by atoms with Gasteiger partial charge in [-0.3, -0.25) is 19.4 Å². The average Bonchev–Trinajstić information content (AvgIpc) is 3.08. The maximum Gasteiger partial charge on any atom is 0.325 e. The van der Waals surface area contributed by atoms with Crippen molar-refractivity contribution in [3.05, 3.63) is 23.8 Å². The molecule has 6 amide bonds. The molecular weight excluding hydrogens is 368 g/mol. The van der Waals surface area contributed by atoms with Crippen LogP contribution in [0.5, 0.6) is 11.5 Å². The molecule has 2 N–H and O–H groups in total. The molecule has 1 aromatic rings. The summed E-state index contributed by atoms with van der Waals surface area (Å²) in [6, 6.07) is 3.83. The third kappa shape index (κ3) is 2.90. The van der Waals surface area contributed by atoms with E-state index in [4.69, 9.17) is 9.47 Å². The molecule has 28 heavy (non-hydrogen) atoms. The molecule has 0 aliphatic carbocycles. The number of imide groups is 2. The maximum absolute atomic E-state index is 13.0. The summed E-state index contributed by atoms with van der Waals surface area (Å²) in [5, 5.41) is 5.16. The monoisotopic (exact) mass is 388 g/mol. The molecular formula is C18H20N4O6. The van der Waals surface area contributed by atoms with E-state index < -0.39 is 36.0 Å². The van der Waals surface area contributed by atoms with Gasteiger partial charge in [0.25, 0.3) is 11.8 Å². The van der Waals surface area contributed by atoms with E-state index in [1.54, 1.807) is 25.1 Å². The van der Waals surface area contributed by atoms with Gasteiger partial charge >= 0.3 is 12.1 Å². The second kappa shape index (κ2) is 6.70. The van der Waals surface area contributed by atoms with Gasteiger partial charge in [-0.2, -0.15) is 0 Å². The molecule has 1 aromatic carbocycles. The van der Waals surface area contributed by atoms with Crippen LogP contribution in [0.2, 0.25) is 0 Å². The van der Waals surface area contributed by atoms with Crippen molar-refractivity contribution in [2.75, 3.05) is 32.8 Å². The standard InChI is InChI=1S/C18H20N4O6/c1-18(11-3-4-12-13(9-11)28-8-2-7-27-12)15(24)22(17(26)20-18)10-14(23)21-6-5-19-16(21)25/h3-4,9H,2,5-8,10H2,1H3,(H,19,25)(H,20,26)/t18-/m1/s1. The van der Waals surface area contributed by atoms with Gasteiger partial charge in [-0.1, -0.05) is 6.07 Å². The number of nitrogens with zero attached hydrogens (tertiary/aromatic N) is 2. The Bertz CT molecular complexity index is 872. The van der Waals surface area contributed by atoms with Crippen molar-refractivity contribution in [1.29, 1.82) is 0 Å². The van der Waals surface area contributed by atoms with E-state index in [0.717, 1.165) is 16.2 Å². The fourth-order valence-corrected chi connectivity index (χ4v) is 3.44. The number of fused-ring (bicyclic) bond motifs is 1. The van der Waals surface area contributed by atoms with Crippen molar-refractivity contribution >= 4 is 23.9 Å². The Balaban J connectivity index is 1.56. The fraction of sp³-hybridized carbons (Fsp3) is 0.444. The van der Waals surface area contributed by atoms with Crippen LogP contribution in [-0.4, -0.2) is 66.5 Å². The maximum atomic E-state index is 13.0. The fourth-order valence-electron chi connectivity index (χ4n) is 3.44. The summed E-state index contributed by atoms with van der Waals surface area (Å²) in [5.74, 6) is -0.100. The van der Waals surface area contributed by atoms with Crippen LogP contribution in [-0.2, 0) is 15.1 Å². The van der Waals surface area contributed by atoms with E-state index in [9.17, 15) is 19.2 Å². The van der Waals surface area contributed by atoms with E-state index in [1.165, 1.54) is 0 Å². The zero-order valence-electron chi connectivity index (χ0n) is 15.3. The summed E-state index contributed by atoms with van der Waals surface area (Å²) >= 11 is 0. The van der Waals surface area contributed by atoms with Crippen molar-refractivity contribution in [3.63, 3.8) is 0 Å². The molecule has 148 valence electrons. The highest BCUT2D eigenvalue weighted by atomic mass is 16.5. The van der Waals surface area contributed by atoms with E-state index in [2.05, 4.69) is 10.6 Å². The highest BCUT2D eigenvalue weighted by Crippen LogP contribution is 2.36. The molecule has 2 saturated heterocycles. The topological polar surface area (TPSA) is 117 Å². The molecule has 10 heteroatoms. The van der Waals surface area contributed by atoms with Gasteiger partial charge in [0, 0.05) is 19.5 Å². The second-order valence-electron chi connectivity index (χ2n) is 6.94. The molecule has 0 saturated carbocycles. The van der Waals surface area contributed by atoms with Gasteiger partial charge in [0.15, 0.2) is 11.5 Å². The number of carbonyl (C=O) groups excluding carboxylic acids is 4. The number of amides is 6. The largest absolute Gasteiger partial charge is 0.490 e. The molecule has 0 spiro atoms. The van der Waals surface area contributed by atoms with Gasteiger partial charge in [-0.25, -0.2) is 9.59 Å². The number of carbonyl (C=O) groups is 4. The average molecular weight is 388 g/mol. The number of rotatable bonds is 3. The first-order valence-corrected chi connectivity index (χ1v) is 9.02. The quantitative estimate of drug-likeness (QED) is 0.713. The van der Waals surface area contributed by atoms with Gasteiger partial charge in [0.2, 0.25) is 0 Å². The molecule has 3 aliphatic rings. The smallest absolute Gasteiger partial charge is 0.325 e. The number of hydrogen-bond donors (Lipinski definition) is 2. The van der Waals surface area contributed by atoms with Crippen LogP contribution in [0, 0.1) is 0 Å². The number of urea groups is 2. The third-order valence-electron chi connectivity index (χ3n) is 5.05. The van der Waals surface area contributed by atoms with Gasteiger partial charge in [-0.15, -0.1) is 0 Å². The third-order valence-corrected chi connectivity index (χ3v) is 5.05. The van der Waals surface area contributed by atoms with Crippen molar-refractivity contribution < 1.29 is 28.7 Å². The summed E-state index contributed by atoms with van der Waals surface area (Å²) < 4.78 is 11.3. The zero-order valence-corrected chi connectivity index (χ0v) is 15.3. The Labute approximate surface area is 160 Å². The van der Waals surface area contributed by atoms with Crippen molar-refractivity contribution in [1.82, 2.24) is 20.4 Å². The van der Waals surface area contributed by atoms with Crippen molar-refractivity contribution in [2.45, 2.75) is 18.9 Å². The van der Waals surface area contributed by atoms with Crippen LogP contribution in [0.1, 0.15) is 18.9 Å². The summed E-state index contributed by atoms with van der Waals surface area (Å²) in [4.78, 5) is 51.2. The first-order chi connectivity index (χ1) is 13.4. The molecule has 1 atom stereocenters. The minimum atomic E-state index is -1.35. The predicted molar refractivity (Wildman–Crippen MR) is 94.8 cm³/mol. The van der Waals surface area contributed by atoms with Crippen LogP contribution >= 0.6 is 0 Å². The molecule has 0 radical (unpaired) electrons. The lowest BCUT2D eigenvalue weighted by atomic mass is 9.91. The predicted octanol–water partition coefficient (Wildman–Crippen LogP) is 0.167. The van der Waals surface area contributed by atoms with Crippen LogP contribution in [0.15, 0.2) is 18.2 Å². The molecule has 0 aromatic heterocycles. The normalized spacial score (nSPS) is 24.1. The number of nitrogens with one attached hydrogen (secondary N) is 2. The number of ether oxygens (including phenoxy) is 2. The van der Waals surface area contributed by atoms with Crippen LogP contribution in [0.25, 0.3) is 0 Å². The van der Waals surface area contributed by atoms with E-state index in [1.807, 2.05) is 0 Å². The second-order valence-corrected chi connectivity index (χ2v) is 6.94. The summed E-state index contributed by atoms with van der Waals surface area (Å²) in [5.41, 5.74) is -0.834. The minimum Gasteiger partial charge on any atom is -0.490 e.